The lowest BCUT2D eigenvalue weighted by Gasteiger charge is -2.37. The molecular formula is C13H26ClN3O2. The molecule has 0 saturated carbocycles. The molecule has 0 aromatic carbocycles. The normalized spacial score (nSPS) is 23.8. The van der Waals surface area contributed by atoms with Crippen LogP contribution in [0.4, 0.5) is 0 Å². The second kappa shape index (κ2) is 8.04. The number of hydrogen-bond donors (Lipinski definition) is 1. The molecule has 0 aliphatic carbocycles. The van der Waals surface area contributed by atoms with Gasteiger partial charge in [-0.25, -0.2) is 0 Å². The van der Waals surface area contributed by atoms with Crippen molar-refractivity contribution in [3.63, 3.8) is 0 Å². The van der Waals surface area contributed by atoms with E-state index in [4.69, 9.17) is 10.5 Å². The van der Waals surface area contributed by atoms with Crippen LogP contribution in [-0.2, 0) is 9.53 Å². The van der Waals surface area contributed by atoms with Gasteiger partial charge in [0.15, 0.2) is 0 Å². The molecule has 112 valence electrons. The lowest BCUT2D eigenvalue weighted by molar-refractivity contribution is -0.134. The van der Waals surface area contributed by atoms with Crippen LogP contribution in [-0.4, -0.2) is 67.7 Å². The van der Waals surface area contributed by atoms with E-state index in [0.29, 0.717) is 0 Å². The van der Waals surface area contributed by atoms with Crippen LogP contribution in [0.1, 0.15) is 19.8 Å². The van der Waals surface area contributed by atoms with Crippen LogP contribution in [0, 0.1) is 5.92 Å². The second-order valence-corrected chi connectivity index (χ2v) is 5.47. The Morgan fingerprint density at radius 3 is 2.37 bits per heavy atom. The van der Waals surface area contributed by atoms with Crippen molar-refractivity contribution in [1.29, 1.82) is 0 Å². The van der Waals surface area contributed by atoms with E-state index in [0.717, 1.165) is 51.9 Å². The number of piperazine rings is 1. The number of ether oxygens (including phenoxy) is 1. The van der Waals surface area contributed by atoms with Crippen molar-refractivity contribution in [2.75, 3.05) is 45.9 Å². The van der Waals surface area contributed by atoms with E-state index in [2.05, 4.69) is 4.90 Å². The van der Waals surface area contributed by atoms with Crippen molar-refractivity contribution in [3.05, 3.63) is 0 Å². The molecule has 0 bridgehead atoms. The molecule has 19 heavy (non-hydrogen) atoms. The van der Waals surface area contributed by atoms with E-state index in [-0.39, 0.29) is 24.4 Å². The fraction of sp³-hybridized carbons (Fsp3) is 0.923. The number of hydrogen-bond acceptors (Lipinski definition) is 4. The van der Waals surface area contributed by atoms with Gasteiger partial charge in [-0.15, -0.1) is 12.4 Å². The van der Waals surface area contributed by atoms with E-state index in [1.54, 1.807) is 6.92 Å². The summed E-state index contributed by atoms with van der Waals surface area (Å²) in [6.45, 7) is 8.35. The summed E-state index contributed by atoms with van der Waals surface area (Å²) in [5, 5.41) is 0. The van der Waals surface area contributed by atoms with Crippen LogP contribution in [0.2, 0.25) is 0 Å². The number of halogens is 1. The fourth-order valence-corrected chi connectivity index (χ4v) is 2.73. The number of nitrogens with two attached hydrogens (primary N) is 1. The molecule has 0 aromatic heterocycles. The van der Waals surface area contributed by atoms with Crippen molar-refractivity contribution < 1.29 is 9.53 Å². The topological polar surface area (TPSA) is 58.8 Å². The molecule has 1 atom stereocenters. The molecule has 6 heteroatoms. The average molecular weight is 292 g/mol. The highest BCUT2D eigenvalue weighted by Gasteiger charge is 2.25. The van der Waals surface area contributed by atoms with Gasteiger partial charge in [-0.3, -0.25) is 9.69 Å². The Bertz CT molecular complexity index is 275. The zero-order valence-corrected chi connectivity index (χ0v) is 12.5. The first kappa shape index (κ1) is 16.7. The summed E-state index contributed by atoms with van der Waals surface area (Å²) in [5.74, 6) is 0.857. The van der Waals surface area contributed by atoms with E-state index in [1.807, 2.05) is 4.90 Å². The Kier molecular flexibility index (Phi) is 7.07. The van der Waals surface area contributed by atoms with Gasteiger partial charge in [-0.2, -0.15) is 0 Å². The first-order valence-electron chi connectivity index (χ1n) is 7.01. The summed E-state index contributed by atoms with van der Waals surface area (Å²) in [6, 6.07) is -0.368. The first-order valence-corrected chi connectivity index (χ1v) is 7.01. The fourth-order valence-electron chi connectivity index (χ4n) is 2.73. The van der Waals surface area contributed by atoms with Gasteiger partial charge >= 0.3 is 0 Å². The SMILES string of the molecule is CC(N)C(=O)N1CCN(CC2CCOCC2)CC1.Cl. The lowest BCUT2D eigenvalue weighted by atomic mass is 9.99. The summed E-state index contributed by atoms with van der Waals surface area (Å²) in [4.78, 5) is 16.1. The summed E-state index contributed by atoms with van der Waals surface area (Å²) in [5.41, 5.74) is 5.63. The Balaban J connectivity index is 0.00000180. The third kappa shape index (κ3) is 4.91. The molecule has 2 rings (SSSR count). The Labute approximate surface area is 121 Å². The molecule has 0 radical (unpaired) electrons. The highest BCUT2D eigenvalue weighted by molar-refractivity contribution is 5.85. The monoisotopic (exact) mass is 291 g/mol. The van der Waals surface area contributed by atoms with Crippen LogP contribution in [0.3, 0.4) is 0 Å². The summed E-state index contributed by atoms with van der Waals surface area (Å²) >= 11 is 0. The minimum atomic E-state index is -0.368. The van der Waals surface area contributed by atoms with E-state index in [9.17, 15) is 4.79 Å². The van der Waals surface area contributed by atoms with Gasteiger partial charge in [-0.05, 0) is 25.7 Å². The third-order valence-electron chi connectivity index (χ3n) is 3.93. The molecule has 2 aliphatic heterocycles. The maximum Gasteiger partial charge on any atom is 0.239 e. The molecule has 2 saturated heterocycles. The molecule has 0 aromatic rings. The van der Waals surface area contributed by atoms with Crippen molar-refractivity contribution in [3.8, 4) is 0 Å². The summed E-state index contributed by atoms with van der Waals surface area (Å²) < 4.78 is 5.38. The number of amides is 1. The third-order valence-corrected chi connectivity index (χ3v) is 3.93. The number of carbonyl (C=O) groups is 1. The van der Waals surface area contributed by atoms with Crippen LogP contribution >= 0.6 is 12.4 Å². The summed E-state index contributed by atoms with van der Waals surface area (Å²) in [6.07, 6.45) is 2.36. The molecule has 5 nitrogen and oxygen atoms in total. The quantitative estimate of drug-likeness (QED) is 0.814. The molecule has 1 amide bonds. The van der Waals surface area contributed by atoms with Crippen LogP contribution in [0.25, 0.3) is 0 Å². The van der Waals surface area contributed by atoms with Crippen molar-refractivity contribution >= 4 is 18.3 Å². The first-order chi connectivity index (χ1) is 8.66. The molecule has 2 aliphatic rings. The Morgan fingerprint density at radius 2 is 1.84 bits per heavy atom. The van der Waals surface area contributed by atoms with Crippen LogP contribution in [0.5, 0.6) is 0 Å². The van der Waals surface area contributed by atoms with E-state index in [1.165, 1.54) is 12.8 Å². The van der Waals surface area contributed by atoms with Crippen molar-refractivity contribution in [2.45, 2.75) is 25.8 Å². The van der Waals surface area contributed by atoms with E-state index >= 15 is 0 Å². The Morgan fingerprint density at radius 1 is 1.26 bits per heavy atom. The largest absolute Gasteiger partial charge is 0.381 e. The molecular weight excluding hydrogens is 266 g/mol. The predicted molar refractivity (Wildman–Crippen MR) is 77.5 cm³/mol. The highest BCUT2D eigenvalue weighted by atomic mass is 35.5. The van der Waals surface area contributed by atoms with Gasteiger partial charge in [0.2, 0.25) is 5.91 Å². The molecule has 2 N–H and O–H groups in total. The van der Waals surface area contributed by atoms with E-state index < -0.39 is 0 Å². The number of nitrogens with zero attached hydrogens (tertiary/aromatic N) is 2. The van der Waals surface area contributed by atoms with Gasteiger partial charge in [0.1, 0.15) is 0 Å². The standard InChI is InChI=1S/C13H25N3O2.ClH/c1-11(14)13(17)16-6-4-15(5-7-16)10-12-2-8-18-9-3-12;/h11-12H,2-10,14H2,1H3;1H. The number of rotatable bonds is 3. The summed E-state index contributed by atoms with van der Waals surface area (Å²) in [7, 11) is 0. The minimum absolute atomic E-state index is 0. The predicted octanol–water partition coefficient (Wildman–Crippen LogP) is 0.326. The van der Waals surface area contributed by atoms with Crippen LogP contribution in [0.15, 0.2) is 0 Å². The van der Waals surface area contributed by atoms with Gasteiger partial charge in [-0.1, -0.05) is 0 Å². The van der Waals surface area contributed by atoms with Crippen molar-refractivity contribution in [2.24, 2.45) is 11.7 Å². The van der Waals surface area contributed by atoms with Gasteiger partial charge in [0, 0.05) is 45.9 Å². The molecule has 1 unspecified atom stereocenters. The minimum Gasteiger partial charge on any atom is -0.381 e. The maximum atomic E-state index is 11.8. The zero-order valence-electron chi connectivity index (χ0n) is 11.7. The number of carbonyl (C=O) groups excluding carboxylic acids is 1. The molecule has 2 heterocycles. The maximum absolute atomic E-state index is 11.8. The van der Waals surface area contributed by atoms with Crippen LogP contribution < -0.4 is 5.73 Å². The van der Waals surface area contributed by atoms with Gasteiger partial charge in [0.25, 0.3) is 0 Å². The van der Waals surface area contributed by atoms with Crippen molar-refractivity contribution in [1.82, 2.24) is 9.80 Å². The van der Waals surface area contributed by atoms with Gasteiger partial charge < -0.3 is 15.4 Å². The molecule has 0 spiro atoms. The highest BCUT2D eigenvalue weighted by Crippen LogP contribution is 2.17. The molecule has 2 fully saturated rings. The Hall–Kier alpha value is -0.360. The zero-order chi connectivity index (χ0) is 13.0. The lowest BCUT2D eigenvalue weighted by Crippen LogP contribution is -2.53. The smallest absolute Gasteiger partial charge is 0.239 e. The van der Waals surface area contributed by atoms with Gasteiger partial charge in [0.05, 0.1) is 6.04 Å². The second-order valence-electron chi connectivity index (χ2n) is 5.47. The average Bonchev–Trinajstić information content (AvgIpc) is 2.40.